The second-order valence-electron chi connectivity index (χ2n) is 13.1. The van der Waals surface area contributed by atoms with Gasteiger partial charge >= 0.3 is 0 Å². The van der Waals surface area contributed by atoms with Gasteiger partial charge in [-0.05, 0) is 80.6 Å². The predicted molar refractivity (Wildman–Crippen MR) is 139 cm³/mol. The van der Waals surface area contributed by atoms with Crippen LogP contribution >= 0.6 is 0 Å². The first-order valence-electron chi connectivity index (χ1n) is 13.8. The fourth-order valence-electron chi connectivity index (χ4n) is 9.27. The van der Waals surface area contributed by atoms with Crippen molar-refractivity contribution in [1.82, 2.24) is 9.88 Å². The van der Waals surface area contributed by atoms with E-state index in [1.54, 1.807) is 31.3 Å². The maximum Gasteiger partial charge on any atom is 0.211 e. The minimum Gasteiger partial charge on any atom is -0.493 e. The highest BCUT2D eigenvalue weighted by Crippen LogP contribution is 2.74. The molecular formula is C30H36F2N2O4. The number of benzene rings is 1. The first-order chi connectivity index (χ1) is 17.9. The van der Waals surface area contributed by atoms with Crippen LogP contribution in [-0.4, -0.2) is 80.1 Å². The number of hydrogen-bond donors (Lipinski definition) is 3. The van der Waals surface area contributed by atoms with Gasteiger partial charge in [0.15, 0.2) is 5.67 Å². The number of aromatic nitrogens is 1. The van der Waals surface area contributed by atoms with Crippen molar-refractivity contribution in [2.45, 2.75) is 92.7 Å². The monoisotopic (exact) mass is 526 g/mol. The molecule has 2 spiro atoms. The second kappa shape index (κ2) is 7.53. The minimum atomic E-state index is -2.34. The van der Waals surface area contributed by atoms with Crippen molar-refractivity contribution in [3.05, 3.63) is 42.1 Å². The van der Waals surface area contributed by atoms with E-state index in [9.17, 15) is 15.3 Å². The summed E-state index contributed by atoms with van der Waals surface area (Å²) in [4.78, 5) is 5.78. The number of fused-ring (bicyclic) bond motifs is 2. The molecule has 2 aliphatic heterocycles. The van der Waals surface area contributed by atoms with Crippen molar-refractivity contribution in [2.24, 2.45) is 11.3 Å². The number of pyridine rings is 1. The lowest BCUT2D eigenvalue weighted by Gasteiger charge is -2.65. The fraction of sp³-hybridized carbons (Fsp3) is 0.633. The molecular weight excluding hydrogens is 490 g/mol. The zero-order valence-corrected chi connectivity index (χ0v) is 22.1. The Morgan fingerprint density at radius 2 is 1.84 bits per heavy atom. The van der Waals surface area contributed by atoms with Gasteiger partial charge in [-0.3, -0.25) is 0 Å². The molecule has 3 unspecified atom stereocenters. The Morgan fingerprint density at radius 1 is 1.05 bits per heavy atom. The maximum absolute atomic E-state index is 17.2. The molecule has 8 heteroatoms. The molecule has 2 aromatic rings. The van der Waals surface area contributed by atoms with Gasteiger partial charge in [0.05, 0.1) is 6.10 Å². The molecule has 0 amide bonds. The van der Waals surface area contributed by atoms with Crippen LogP contribution in [0.15, 0.2) is 36.5 Å². The highest BCUT2D eigenvalue weighted by molar-refractivity contribution is 5.87. The number of nitrogens with zero attached hydrogens (tertiary/aromatic N) is 2. The smallest absolute Gasteiger partial charge is 0.211 e. The first-order valence-corrected chi connectivity index (χ1v) is 13.8. The summed E-state index contributed by atoms with van der Waals surface area (Å²) >= 11 is 0. The Balaban J connectivity index is 1.29. The standard InChI is InChI=1S/C30H36F2N2O4/c1-26-8-9-27(31)16-29(32)25(37)24(36)21(34(2)3)14-28(29)10-11-30(27,38-28)22(26)7-6-20(26)17-4-5-18-15-33-23(35)13-19(18)12-17/h4-6,12-13,15,21-22,24-25,36-37H,7-11,14,16H2,1-3H3,(H,33,35)/t21-,22?,24+,25-,26+,27?,28+,29?,30-/m0/s1. The van der Waals surface area contributed by atoms with Crippen molar-refractivity contribution in [3.63, 3.8) is 0 Å². The van der Waals surface area contributed by atoms with Crippen LogP contribution in [0.4, 0.5) is 8.78 Å². The Labute approximate surface area is 221 Å². The van der Waals surface area contributed by atoms with Gasteiger partial charge in [-0.2, -0.15) is 0 Å². The van der Waals surface area contributed by atoms with E-state index in [1.807, 2.05) is 6.07 Å². The van der Waals surface area contributed by atoms with Crippen LogP contribution < -0.4 is 0 Å². The highest BCUT2D eigenvalue weighted by atomic mass is 19.2. The molecule has 1 aromatic heterocycles. The summed E-state index contributed by atoms with van der Waals surface area (Å²) < 4.78 is 41.0. The van der Waals surface area contributed by atoms with Gasteiger partial charge in [-0.25, -0.2) is 13.8 Å². The fourth-order valence-corrected chi connectivity index (χ4v) is 9.27. The Bertz CT molecular complexity index is 1370. The quantitative estimate of drug-likeness (QED) is 0.541. The van der Waals surface area contributed by atoms with Crippen LogP contribution in [0.1, 0.15) is 57.4 Å². The summed E-state index contributed by atoms with van der Waals surface area (Å²) in [6.45, 7) is 2.19. The number of alkyl halides is 2. The van der Waals surface area contributed by atoms with E-state index in [4.69, 9.17) is 4.74 Å². The van der Waals surface area contributed by atoms with E-state index in [1.165, 1.54) is 0 Å². The molecule has 204 valence electrons. The van der Waals surface area contributed by atoms with Crippen LogP contribution in [-0.2, 0) is 4.74 Å². The predicted octanol–water partition coefficient (Wildman–Crippen LogP) is 4.31. The first kappa shape index (κ1) is 24.9. The molecule has 3 aliphatic carbocycles. The molecule has 6 nitrogen and oxygen atoms in total. The van der Waals surface area contributed by atoms with Gasteiger partial charge < -0.3 is 25.0 Å². The molecule has 4 fully saturated rings. The third-order valence-corrected chi connectivity index (χ3v) is 11.3. The number of hydrogen-bond acceptors (Lipinski definition) is 6. The Hall–Kier alpha value is -2.13. The van der Waals surface area contributed by atoms with Gasteiger partial charge in [-0.15, -0.1) is 0 Å². The van der Waals surface area contributed by atoms with Crippen LogP contribution in [0.5, 0.6) is 5.88 Å². The zero-order chi connectivity index (χ0) is 26.9. The summed E-state index contributed by atoms with van der Waals surface area (Å²) in [5.74, 6) is -0.202. The third kappa shape index (κ3) is 2.82. The summed E-state index contributed by atoms with van der Waals surface area (Å²) in [7, 11) is 3.61. The molecule has 2 saturated heterocycles. The lowest BCUT2D eigenvalue weighted by Crippen LogP contribution is -2.78. The molecule has 3 N–H and O–H groups in total. The van der Waals surface area contributed by atoms with E-state index >= 15 is 8.78 Å². The molecule has 1 aromatic carbocycles. The van der Waals surface area contributed by atoms with Crippen molar-refractivity contribution >= 4 is 16.3 Å². The van der Waals surface area contributed by atoms with Crippen LogP contribution in [0.25, 0.3) is 16.3 Å². The van der Waals surface area contributed by atoms with Crippen LogP contribution in [0.3, 0.4) is 0 Å². The average molecular weight is 527 g/mol. The normalized spacial score (nSPS) is 47.5. The molecule has 0 radical (unpaired) electrons. The average Bonchev–Trinajstić information content (AvgIpc) is 3.42. The van der Waals surface area contributed by atoms with Crippen LogP contribution in [0, 0.1) is 11.3 Å². The minimum absolute atomic E-state index is 0.0321. The number of aromatic hydroxyl groups is 1. The van der Waals surface area contributed by atoms with E-state index < -0.39 is 47.2 Å². The molecule has 38 heavy (non-hydrogen) atoms. The van der Waals surface area contributed by atoms with Crippen molar-refractivity contribution in [1.29, 1.82) is 0 Å². The third-order valence-electron chi connectivity index (χ3n) is 11.3. The molecule has 3 heterocycles. The summed E-state index contributed by atoms with van der Waals surface area (Å²) in [6.07, 6.45) is 2.64. The number of ether oxygens (including phenoxy) is 1. The van der Waals surface area contributed by atoms with Crippen molar-refractivity contribution in [2.75, 3.05) is 14.1 Å². The number of likely N-dealkylation sites (N-methyl/N-ethyl adjacent to an activating group) is 1. The van der Waals surface area contributed by atoms with Crippen molar-refractivity contribution < 1.29 is 28.8 Å². The lowest BCUT2D eigenvalue weighted by molar-refractivity contribution is -0.347. The largest absolute Gasteiger partial charge is 0.493 e. The number of allylic oxidation sites excluding steroid dienone is 2. The van der Waals surface area contributed by atoms with Gasteiger partial charge in [0.1, 0.15) is 23.0 Å². The topological polar surface area (TPSA) is 86.1 Å². The van der Waals surface area contributed by atoms with Gasteiger partial charge in [-0.1, -0.05) is 25.1 Å². The Kier molecular flexibility index (Phi) is 4.93. The van der Waals surface area contributed by atoms with Gasteiger partial charge in [0.25, 0.3) is 0 Å². The van der Waals surface area contributed by atoms with Crippen molar-refractivity contribution in [3.8, 4) is 5.88 Å². The van der Waals surface area contributed by atoms with E-state index in [-0.39, 0.29) is 30.1 Å². The molecule has 5 aliphatic rings. The molecule has 2 bridgehead atoms. The maximum atomic E-state index is 17.2. The van der Waals surface area contributed by atoms with E-state index in [0.29, 0.717) is 25.7 Å². The highest BCUT2D eigenvalue weighted by Gasteiger charge is 2.82. The summed E-state index contributed by atoms with van der Waals surface area (Å²) in [6, 6.07) is 7.27. The number of aliphatic hydroxyl groups excluding tert-OH is 2. The summed E-state index contributed by atoms with van der Waals surface area (Å²) in [5, 5.41) is 33.6. The molecule has 2 saturated carbocycles. The Morgan fingerprint density at radius 3 is 2.61 bits per heavy atom. The van der Waals surface area contributed by atoms with E-state index in [2.05, 4.69) is 30.1 Å². The zero-order valence-electron chi connectivity index (χ0n) is 22.1. The molecule has 9 atom stereocenters. The number of halogens is 2. The van der Waals surface area contributed by atoms with E-state index in [0.717, 1.165) is 21.9 Å². The SMILES string of the molecule is CN(C)[C@H]1C[C@@]23CC[C@]4(O2)C2CC=C(c5ccc6cnc(O)cc6c5)[C@@]2(C)CCC4(F)CC3(F)[C@@H](O)[C@@H]1O. The molecule has 7 rings (SSSR count). The van der Waals surface area contributed by atoms with Crippen LogP contribution in [0.2, 0.25) is 0 Å². The van der Waals surface area contributed by atoms with Gasteiger partial charge in [0, 0.05) is 36.0 Å². The summed E-state index contributed by atoms with van der Waals surface area (Å²) in [5.41, 5.74) is -4.94. The van der Waals surface area contributed by atoms with Gasteiger partial charge in [0.2, 0.25) is 5.88 Å². The second-order valence-corrected chi connectivity index (χ2v) is 13.1. The number of aliphatic hydroxyl groups is 2. The lowest BCUT2D eigenvalue weighted by atomic mass is 9.51. The number of rotatable bonds is 2.